The maximum absolute atomic E-state index is 11.9. The Morgan fingerprint density at radius 1 is 0.979 bits per heavy atom. The maximum atomic E-state index is 11.9. The molecule has 0 saturated carbocycles. The molecular weight excluding hydrogens is 588 g/mol. The zero-order chi connectivity index (χ0) is 34.2. The number of aliphatic hydroxyl groups is 1. The van der Waals surface area contributed by atoms with Crippen molar-refractivity contribution in [3.05, 3.63) is 71.4 Å². The molecule has 0 amide bonds. The van der Waals surface area contributed by atoms with Crippen molar-refractivity contribution >= 4 is 17.4 Å². The van der Waals surface area contributed by atoms with Crippen molar-refractivity contribution in [3.63, 3.8) is 0 Å². The summed E-state index contributed by atoms with van der Waals surface area (Å²) in [6.45, 7) is 16.7. The number of carboxylic acids is 1. The van der Waals surface area contributed by atoms with Gasteiger partial charge < -0.3 is 19.8 Å². The van der Waals surface area contributed by atoms with Crippen LogP contribution in [0.15, 0.2) is 54.6 Å². The van der Waals surface area contributed by atoms with E-state index in [0.717, 1.165) is 98.8 Å². The monoisotopic (exact) mass is 642 g/mol. The normalized spacial score (nSPS) is 16.4. The van der Waals surface area contributed by atoms with Gasteiger partial charge in [-0.2, -0.15) is 9.61 Å². The first kappa shape index (κ1) is 36.1. The lowest BCUT2D eigenvalue weighted by Crippen LogP contribution is -2.42. The van der Waals surface area contributed by atoms with Gasteiger partial charge in [-0.3, -0.25) is 4.79 Å². The predicted molar refractivity (Wildman–Crippen MR) is 191 cm³/mol. The number of carbonyl (C=O) groups is 1. The smallest absolute Gasteiger partial charge is 0.308 e. The fourth-order valence-electron chi connectivity index (χ4n) is 6.24. The number of hydrogen-bond acceptors (Lipinski definition) is 6. The number of fused-ring (bicyclic) bond motifs is 8. The van der Waals surface area contributed by atoms with E-state index in [1.807, 2.05) is 31.4 Å². The van der Waals surface area contributed by atoms with Gasteiger partial charge in [0, 0.05) is 42.6 Å². The van der Waals surface area contributed by atoms with Gasteiger partial charge in [-0.25, -0.2) is 4.98 Å². The fraction of sp³-hybridized carbons (Fsp3) is 0.513. The van der Waals surface area contributed by atoms with E-state index in [1.54, 1.807) is 20.8 Å². The van der Waals surface area contributed by atoms with E-state index >= 15 is 0 Å². The van der Waals surface area contributed by atoms with E-state index in [0.29, 0.717) is 0 Å². The van der Waals surface area contributed by atoms with Crippen LogP contribution in [0.4, 0.5) is 5.82 Å². The molecule has 0 atom stereocenters. The first-order chi connectivity index (χ1) is 22.4. The van der Waals surface area contributed by atoms with Crippen LogP contribution in [-0.2, 0) is 22.4 Å². The standard InChI is InChI=1S/C33H38N4O3.C4H10O.C2H6/c1-23-28(20-31(38)39)32-36-16-14-33(2,15-17-36)22-40-18-7-3-4-9-24-10-5-6-13-27(24)25-11-8-12-26(19-25)29-21-30(34-23)37(32)35-29;1-4(2,3)5;1-2/h5-6,8,10-13,19,21H,3-4,7,9,14-18,20,22H2,1-2H3,(H,38,39);5H,1-3H3;1-2H3. The zero-order valence-electron chi connectivity index (χ0n) is 29.5. The van der Waals surface area contributed by atoms with Gasteiger partial charge in [-0.1, -0.05) is 69.7 Å². The molecule has 3 aliphatic heterocycles. The Labute approximate surface area is 280 Å². The second-order valence-corrected chi connectivity index (χ2v) is 13.9. The number of hydrogen-bond donors (Lipinski definition) is 2. The molecule has 5 heterocycles. The molecule has 8 heteroatoms. The molecule has 8 nitrogen and oxygen atoms in total. The van der Waals surface area contributed by atoms with Crippen LogP contribution >= 0.6 is 0 Å². The molecule has 0 unspecified atom stereocenters. The number of carboxylic acid groups (broad SMARTS) is 1. The Morgan fingerprint density at radius 2 is 1.66 bits per heavy atom. The number of benzene rings is 2. The number of aliphatic carboxylic acids is 1. The number of nitrogens with zero attached hydrogens (tertiary/aromatic N) is 4. The lowest BCUT2D eigenvalue weighted by Gasteiger charge is -2.40. The van der Waals surface area contributed by atoms with Crippen molar-refractivity contribution < 1.29 is 19.7 Å². The number of aromatic nitrogens is 3. The molecular formula is C39H54N4O4. The minimum atomic E-state index is -0.860. The molecule has 0 spiro atoms. The molecule has 0 radical (unpaired) electrons. The summed E-state index contributed by atoms with van der Waals surface area (Å²) in [4.78, 5) is 19.0. The summed E-state index contributed by atoms with van der Waals surface area (Å²) in [6, 6.07) is 19.3. The lowest BCUT2D eigenvalue weighted by atomic mass is 9.81. The molecule has 2 N–H and O–H groups in total. The number of ether oxygens (including phenoxy) is 1. The quantitative estimate of drug-likeness (QED) is 0.228. The third-order valence-corrected chi connectivity index (χ3v) is 8.65. The molecule has 6 bridgehead atoms. The summed E-state index contributed by atoms with van der Waals surface area (Å²) in [7, 11) is 0. The average molecular weight is 643 g/mol. The molecule has 3 aliphatic rings. The van der Waals surface area contributed by atoms with Gasteiger partial charge in [-0.15, -0.1) is 0 Å². The van der Waals surface area contributed by atoms with Crippen LogP contribution in [0.25, 0.3) is 28.0 Å². The minimum absolute atomic E-state index is 0.0809. The van der Waals surface area contributed by atoms with E-state index < -0.39 is 11.6 Å². The van der Waals surface area contributed by atoms with Gasteiger partial charge in [-0.05, 0) is 88.0 Å². The van der Waals surface area contributed by atoms with E-state index in [2.05, 4.69) is 60.4 Å². The Balaban J connectivity index is 0.000000655. The first-order valence-electron chi connectivity index (χ1n) is 17.3. The molecule has 1 saturated heterocycles. The predicted octanol–water partition coefficient (Wildman–Crippen LogP) is 8.15. The summed E-state index contributed by atoms with van der Waals surface area (Å²) < 4.78 is 8.07. The van der Waals surface area contributed by atoms with Crippen LogP contribution in [0.1, 0.15) is 90.5 Å². The van der Waals surface area contributed by atoms with Gasteiger partial charge in [0.15, 0.2) is 5.65 Å². The van der Waals surface area contributed by atoms with Crippen LogP contribution in [-0.4, -0.2) is 62.7 Å². The summed E-state index contributed by atoms with van der Waals surface area (Å²) in [6.07, 6.45) is 6.30. The highest BCUT2D eigenvalue weighted by molar-refractivity contribution is 5.77. The van der Waals surface area contributed by atoms with Gasteiger partial charge in [0.25, 0.3) is 0 Å². The van der Waals surface area contributed by atoms with E-state index in [4.69, 9.17) is 19.9 Å². The highest BCUT2D eigenvalue weighted by atomic mass is 16.5. The molecule has 2 aromatic carbocycles. The highest BCUT2D eigenvalue weighted by Crippen LogP contribution is 2.37. The Morgan fingerprint density at radius 3 is 2.36 bits per heavy atom. The van der Waals surface area contributed by atoms with Gasteiger partial charge in [0.05, 0.1) is 24.3 Å². The number of aryl methyl sites for hydroxylation is 2. The molecule has 2 aromatic heterocycles. The van der Waals surface area contributed by atoms with Crippen molar-refractivity contribution in [1.82, 2.24) is 14.6 Å². The van der Waals surface area contributed by atoms with Crippen molar-refractivity contribution in [2.75, 3.05) is 31.2 Å². The average Bonchev–Trinajstić information content (AvgIpc) is 3.45. The zero-order valence-corrected chi connectivity index (χ0v) is 29.5. The summed E-state index contributed by atoms with van der Waals surface area (Å²) in [5.41, 5.74) is 7.49. The van der Waals surface area contributed by atoms with Crippen molar-refractivity contribution in [2.45, 2.75) is 99.0 Å². The van der Waals surface area contributed by atoms with E-state index in [1.165, 1.54) is 16.7 Å². The second kappa shape index (κ2) is 15.9. The fourth-order valence-corrected chi connectivity index (χ4v) is 6.24. The van der Waals surface area contributed by atoms with Crippen LogP contribution in [0.3, 0.4) is 0 Å². The topological polar surface area (TPSA) is 100 Å². The summed E-state index contributed by atoms with van der Waals surface area (Å²) in [5.74, 6) is -0.00374. The van der Waals surface area contributed by atoms with Gasteiger partial charge in [0.1, 0.15) is 5.82 Å². The Bertz CT molecular complexity index is 1620. The second-order valence-electron chi connectivity index (χ2n) is 13.9. The van der Waals surface area contributed by atoms with Crippen LogP contribution < -0.4 is 4.90 Å². The third-order valence-electron chi connectivity index (χ3n) is 8.65. The van der Waals surface area contributed by atoms with Crippen molar-refractivity contribution in [2.24, 2.45) is 5.41 Å². The SMILES string of the molecule is CC.CC(C)(C)O.Cc1nc2cc3nn2c(c1CC(=O)O)N1CCC(C)(CC1)COCCCCCc1ccccc1-c1cccc-3c1. The summed E-state index contributed by atoms with van der Waals surface area (Å²) in [5, 5.41) is 23.3. The van der Waals surface area contributed by atoms with Gasteiger partial charge in [0.2, 0.25) is 0 Å². The first-order valence-corrected chi connectivity index (χ1v) is 17.3. The van der Waals surface area contributed by atoms with Crippen LogP contribution in [0, 0.1) is 12.3 Å². The highest BCUT2D eigenvalue weighted by Gasteiger charge is 2.33. The molecule has 254 valence electrons. The molecule has 4 aromatic rings. The number of piperidine rings is 1. The Kier molecular flexibility index (Phi) is 12.2. The number of rotatable bonds is 2. The van der Waals surface area contributed by atoms with Crippen molar-refractivity contribution in [1.29, 1.82) is 0 Å². The number of anilines is 1. The lowest BCUT2D eigenvalue weighted by molar-refractivity contribution is -0.136. The minimum Gasteiger partial charge on any atom is -0.481 e. The van der Waals surface area contributed by atoms with Crippen LogP contribution in [0.5, 0.6) is 0 Å². The van der Waals surface area contributed by atoms with Gasteiger partial charge >= 0.3 is 5.97 Å². The molecule has 1 fully saturated rings. The van der Waals surface area contributed by atoms with Crippen molar-refractivity contribution in [3.8, 4) is 22.4 Å². The third kappa shape index (κ3) is 9.64. The van der Waals surface area contributed by atoms with E-state index in [-0.39, 0.29) is 11.8 Å². The molecule has 7 rings (SSSR count). The summed E-state index contributed by atoms with van der Waals surface area (Å²) >= 11 is 0. The van der Waals surface area contributed by atoms with Crippen LogP contribution in [0.2, 0.25) is 0 Å². The Hall–Kier alpha value is -3.75. The maximum Gasteiger partial charge on any atom is 0.308 e. The van der Waals surface area contributed by atoms with E-state index in [9.17, 15) is 9.90 Å². The largest absolute Gasteiger partial charge is 0.481 e. The molecule has 47 heavy (non-hydrogen) atoms. The molecule has 0 aliphatic carbocycles.